The fourth-order valence-electron chi connectivity index (χ4n) is 2.87. The Labute approximate surface area is 113 Å². The normalized spacial score (nSPS) is 18.3. The van der Waals surface area contributed by atoms with Crippen LogP contribution in [0.1, 0.15) is 43.5 Å². The number of fused-ring (bicyclic) bond motifs is 2. The van der Waals surface area contributed by atoms with Crippen LogP contribution in [-0.2, 0) is 6.42 Å². The van der Waals surface area contributed by atoms with Crippen LogP contribution in [0.5, 0.6) is 0 Å². The van der Waals surface area contributed by atoms with Gasteiger partial charge in [-0.05, 0) is 31.7 Å². The Balaban J connectivity index is 2.23. The van der Waals surface area contributed by atoms with Crippen molar-refractivity contribution in [3.63, 3.8) is 0 Å². The molecule has 1 aliphatic carbocycles. The maximum atomic E-state index is 10.3. The van der Waals surface area contributed by atoms with E-state index in [-0.39, 0.29) is 6.10 Å². The number of aliphatic hydroxyl groups excluding tert-OH is 1. The van der Waals surface area contributed by atoms with Gasteiger partial charge in [-0.25, -0.2) is 0 Å². The summed E-state index contributed by atoms with van der Waals surface area (Å²) >= 11 is 0. The molecule has 0 bridgehead atoms. The number of rotatable bonds is 3. The molecule has 3 rings (SSSR count). The van der Waals surface area contributed by atoms with E-state index in [4.69, 9.17) is 4.98 Å². The van der Waals surface area contributed by atoms with Crippen molar-refractivity contribution in [2.45, 2.75) is 38.7 Å². The van der Waals surface area contributed by atoms with E-state index in [1.165, 1.54) is 0 Å². The average Bonchev–Trinajstić information content (AvgIpc) is 2.44. The van der Waals surface area contributed by atoms with E-state index in [0.29, 0.717) is 0 Å². The van der Waals surface area contributed by atoms with E-state index < -0.39 is 0 Å². The molecular weight excluding hydrogens is 236 g/mol. The molecule has 1 aromatic carbocycles. The molecule has 0 unspecified atom stereocenters. The molecule has 1 aromatic heterocycles. The molecule has 1 aliphatic rings. The summed E-state index contributed by atoms with van der Waals surface area (Å²) < 4.78 is 0. The Morgan fingerprint density at radius 1 is 1.37 bits per heavy atom. The molecule has 1 atom stereocenters. The smallest absolute Gasteiger partial charge is 0.0828 e. The van der Waals surface area contributed by atoms with Gasteiger partial charge in [-0.1, -0.05) is 25.1 Å². The van der Waals surface area contributed by atoms with Crippen LogP contribution in [0.25, 0.3) is 10.9 Å². The summed E-state index contributed by atoms with van der Waals surface area (Å²) in [4.78, 5) is 4.73. The Morgan fingerprint density at radius 3 is 3.05 bits per heavy atom. The number of aromatic nitrogens is 1. The van der Waals surface area contributed by atoms with E-state index in [9.17, 15) is 5.11 Å². The van der Waals surface area contributed by atoms with Gasteiger partial charge in [-0.3, -0.25) is 4.98 Å². The minimum absolute atomic E-state index is 0.375. The van der Waals surface area contributed by atoms with Gasteiger partial charge >= 0.3 is 0 Å². The van der Waals surface area contributed by atoms with Gasteiger partial charge in [-0.2, -0.15) is 0 Å². The molecule has 0 saturated heterocycles. The van der Waals surface area contributed by atoms with Gasteiger partial charge in [-0.15, -0.1) is 0 Å². The molecule has 0 radical (unpaired) electrons. The van der Waals surface area contributed by atoms with Crippen molar-refractivity contribution in [3.05, 3.63) is 35.5 Å². The highest BCUT2D eigenvalue weighted by Crippen LogP contribution is 2.38. The highest BCUT2D eigenvalue weighted by molar-refractivity contribution is 5.93. The number of hydrogen-bond acceptors (Lipinski definition) is 3. The lowest BCUT2D eigenvalue weighted by Gasteiger charge is -2.25. The predicted octanol–water partition coefficient (Wildman–Crippen LogP) is 3.43. The van der Waals surface area contributed by atoms with Crippen LogP contribution in [0.15, 0.2) is 24.3 Å². The molecule has 0 amide bonds. The third kappa shape index (κ3) is 2.19. The first-order valence-corrected chi connectivity index (χ1v) is 7.14. The molecule has 2 N–H and O–H groups in total. The number of aliphatic hydroxyl groups is 1. The number of benzene rings is 1. The lowest BCUT2D eigenvalue weighted by molar-refractivity contribution is 0.156. The highest BCUT2D eigenvalue weighted by atomic mass is 16.3. The lowest BCUT2D eigenvalue weighted by atomic mass is 9.90. The standard InChI is InChI=1S/C16H20N2O/c1-2-10-17-16-11-6-3-4-7-12(11)18-13-8-5-9-14(19)15(13)16/h3-4,6-7,14,19H,2,5,8-10H2,1H3,(H,17,18)/t14-/m0/s1. The molecule has 3 heteroatoms. The third-order valence-corrected chi connectivity index (χ3v) is 3.79. The zero-order valence-electron chi connectivity index (χ0n) is 11.3. The summed E-state index contributed by atoms with van der Waals surface area (Å²) in [5.74, 6) is 0. The van der Waals surface area contributed by atoms with Gasteiger partial charge in [0.25, 0.3) is 0 Å². The first-order chi connectivity index (χ1) is 9.31. The Morgan fingerprint density at radius 2 is 2.21 bits per heavy atom. The van der Waals surface area contributed by atoms with Crippen LogP contribution < -0.4 is 5.32 Å². The first kappa shape index (κ1) is 12.4. The molecule has 1 heterocycles. The fourth-order valence-corrected chi connectivity index (χ4v) is 2.87. The second-order valence-corrected chi connectivity index (χ2v) is 5.20. The van der Waals surface area contributed by atoms with Gasteiger partial charge in [0.15, 0.2) is 0 Å². The maximum Gasteiger partial charge on any atom is 0.0828 e. The number of nitrogens with zero attached hydrogens (tertiary/aromatic N) is 1. The number of anilines is 1. The second-order valence-electron chi connectivity index (χ2n) is 5.20. The fraction of sp³-hybridized carbons (Fsp3) is 0.438. The van der Waals surface area contributed by atoms with Gasteiger partial charge < -0.3 is 10.4 Å². The number of hydrogen-bond donors (Lipinski definition) is 2. The molecule has 19 heavy (non-hydrogen) atoms. The van der Waals surface area contributed by atoms with Gasteiger partial charge in [0.1, 0.15) is 0 Å². The van der Waals surface area contributed by atoms with E-state index in [1.807, 2.05) is 18.2 Å². The quantitative estimate of drug-likeness (QED) is 0.884. The molecule has 0 saturated carbocycles. The predicted molar refractivity (Wildman–Crippen MR) is 78.4 cm³/mol. The number of aryl methyl sites for hydroxylation is 1. The topological polar surface area (TPSA) is 45.2 Å². The molecule has 3 nitrogen and oxygen atoms in total. The van der Waals surface area contributed by atoms with Crippen LogP contribution in [0.3, 0.4) is 0 Å². The van der Waals surface area contributed by atoms with Crippen LogP contribution in [0, 0.1) is 0 Å². The van der Waals surface area contributed by atoms with E-state index in [2.05, 4.69) is 18.3 Å². The van der Waals surface area contributed by atoms with Crippen molar-refractivity contribution in [2.75, 3.05) is 11.9 Å². The van der Waals surface area contributed by atoms with E-state index in [1.54, 1.807) is 0 Å². The molecule has 0 spiro atoms. The van der Waals surface area contributed by atoms with Crippen molar-refractivity contribution < 1.29 is 5.11 Å². The number of nitrogens with one attached hydrogen (secondary N) is 1. The summed E-state index contributed by atoms with van der Waals surface area (Å²) in [5, 5.41) is 14.9. The highest BCUT2D eigenvalue weighted by Gasteiger charge is 2.24. The van der Waals surface area contributed by atoms with Gasteiger partial charge in [0, 0.05) is 23.2 Å². The third-order valence-electron chi connectivity index (χ3n) is 3.79. The Hall–Kier alpha value is -1.61. The van der Waals surface area contributed by atoms with Gasteiger partial charge in [0.05, 0.1) is 17.3 Å². The Bertz CT molecular complexity index is 595. The molecule has 100 valence electrons. The number of pyridine rings is 1. The molecule has 0 aliphatic heterocycles. The van der Waals surface area contributed by atoms with Crippen molar-refractivity contribution in [3.8, 4) is 0 Å². The zero-order chi connectivity index (χ0) is 13.2. The van der Waals surface area contributed by atoms with E-state index in [0.717, 1.165) is 60.1 Å². The van der Waals surface area contributed by atoms with Gasteiger partial charge in [0.2, 0.25) is 0 Å². The van der Waals surface area contributed by atoms with Crippen molar-refractivity contribution in [2.24, 2.45) is 0 Å². The molecule has 2 aromatic rings. The van der Waals surface area contributed by atoms with E-state index >= 15 is 0 Å². The van der Waals surface area contributed by atoms with Crippen LogP contribution >= 0.6 is 0 Å². The first-order valence-electron chi connectivity index (χ1n) is 7.14. The minimum atomic E-state index is -0.375. The summed E-state index contributed by atoms with van der Waals surface area (Å²) in [6, 6.07) is 8.18. The average molecular weight is 256 g/mol. The molecular formula is C16H20N2O. The summed E-state index contributed by atoms with van der Waals surface area (Å²) in [6.07, 6.45) is 3.53. The number of para-hydroxylation sites is 1. The SMILES string of the molecule is CCCNc1c2c(nc3ccccc13)CCC[C@@H]2O. The monoisotopic (exact) mass is 256 g/mol. The summed E-state index contributed by atoms with van der Waals surface area (Å²) in [5.41, 5.74) is 4.21. The zero-order valence-corrected chi connectivity index (χ0v) is 11.3. The van der Waals surface area contributed by atoms with Crippen LogP contribution in [-0.4, -0.2) is 16.6 Å². The lowest BCUT2D eigenvalue weighted by Crippen LogP contribution is -2.15. The van der Waals surface area contributed by atoms with Crippen molar-refractivity contribution >= 4 is 16.6 Å². The Kier molecular flexibility index (Phi) is 3.38. The maximum absolute atomic E-state index is 10.3. The minimum Gasteiger partial charge on any atom is -0.388 e. The summed E-state index contributed by atoms with van der Waals surface area (Å²) in [7, 11) is 0. The molecule has 0 fully saturated rings. The van der Waals surface area contributed by atoms with Crippen molar-refractivity contribution in [1.29, 1.82) is 0 Å². The van der Waals surface area contributed by atoms with Crippen molar-refractivity contribution in [1.82, 2.24) is 4.98 Å². The second kappa shape index (κ2) is 5.17. The van der Waals surface area contributed by atoms with Crippen LogP contribution in [0.4, 0.5) is 5.69 Å². The largest absolute Gasteiger partial charge is 0.388 e. The van der Waals surface area contributed by atoms with Crippen LogP contribution in [0.2, 0.25) is 0 Å². The summed E-state index contributed by atoms with van der Waals surface area (Å²) in [6.45, 7) is 3.08.